The van der Waals surface area contributed by atoms with Gasteiger partial charge in [-0.2, -0.15) is 0 Å². The summed E-state index contributed by atoms with van der Waals surface area (Å²) in [6.45, 7) is 0. The second-order valence-electron chi connectivity index (χ2n) is 7.23. The van der Waals surface area contributed by atoms with Gasteiger partial charge in [0.05, 0.1) is 44.5 Å². The first-order valence-electron chi connectivity index (χ1n) is 10.3. The Morgan fingerprint density at radius 1 is 0.735 bits per heavy atom. The van der Waals surface area contributed by atoms with Crippen molar-refractivity contribution in [3.05, 3.63) is 66.9 Å². The molecule has 9 heteroatoms. The summed E-state index contributed by atoms with van der Waals surface area (Å²) in [4.78, 5) is 4.60. The average Bonchev–Trinajstić information content (AvgIpc) is 2.88. The number of hydrogen-bond donors (Lipinski definition) is 1. The molecule has 8 nitrogen and oxygen atoms in total. The normalized spacial score (nSPS) is 11.2. The number of methoxy groups -OCH3 is 4. The lowest BCUT2D eigenvalue weighted by Crippen LogP contribution is -2.07. The minimum atomic E-state index is -3.90. The molecule has 3 aromatic carbocycles. The molecule has 1 heterocycles. The second-order valence-corrected chi connectivity index (χ2v) is 9.15. The zero-order chi connectivity index (χ0) is 24.3. The number of rotatable bonds is 8. The average molecular weight is 481 g/mol. The van der Waals surface area contributed by atoms with Crippen molar-refractivity contribution in [3.63, 3.8) is 0 Å². The smallest absolute Gasteiger partial charge is 0.210 e. The number of anilines is 2. The lowest BCUT2D eigenvalue weighted by atomic mass is 10.1. The first kappa shape index (κ1) is 23.2. The number of fused-ring (bicyclic) bond motifs is 1. The first-order chi connectivity index (χ1) is 16.4. The molecule has 0 saturated heterocycles. The zero-order valence-electron chi connectivity index (χ0n) is 19.2. The van der Waals surface area contributed by atoms with E-state index in [1.165, 1.54) is 27.5 Å². The van der Waals surface area contributed by atoms with Crippen molar-refractivity contribution in [2.45, 2.75) is 9.79 Å². The maximum atomic E-state index is 13.6. The number of nitrogens with zero attached hydrogens (tertiary/aromatic N) is 1. The molecule has 0 amide bonds. The molecular formula is C25H24N2O6S. The molecule has 0 aliphatic rings. The Bertz CT molecular complexity index is 1440. The van der Waals surface area contributed by atoms with Crippen molar-refractivity contribution in [2.24, 2.45) is 0 Å². The third-order valence-electron chi connectivity index (χ3n) is 5.33. The number of pyridine rings is 1. The molecule has 0 saturated carbocycles. The van der Waals surface area contributed by atoms with Crippen molar-refractivity contribution in [1.29, 1.82) is 0 Å². The van der Waals surface area contributed by atoms with Crippen LogP contribution in [0.3, 0.4) is 0 Å². The van der Waals surface area contributed by atoms with Gasteiger partial charge >= 0.3 is 0 Å². The van der Waals surface area contributed by atoms with E-state index in [1.54, 1.807) is 67.8 Å². The molecule has 1 N–H and O–H groups in total. The fourth-order valence-electron chi connectivity index (χ4n) is 3.62. The number of benzene rings is 3. The number of ether oxygens (including phenoxy) is 4. The van der Waals surface area contributed by atoms with E-state index in [0.29, 0.717) is 45.3 Å². The Kier molecular flexibility index (Phi) is 6.47. The van der Waals surface area contributed by atoms with E-state index in [0.717, 1.165) is 0 Å². The molecule has 0 fully saturated rings. The lowest BCUT2D eigenvalue weighted by Gasteiger charge is -2.18. The molecule has 0 bridgehead atoms. The summed E-state index contributed by atoms with van der Waals surface area (Å²) in [6, 6.07) is 16.9. The van der Waals surface area contributed by atoms with Gasteiger partial charge in [0, 0.05) is 29.4 Å². The summed E-state index contributed by atoms with van der Waals surface area (Å²) >= 11 is 0. The number of sulfone groups is 1. The van der Waals surface area contributed by atoms with Crippen LogP contribution < -0.4 is 24.3 Å². The van der Waals surface area contributed by atoms with Crippen molar-refractivity contribution >= 4 is 32.1 Å². The summed E-state index contributed by atoms with van der Waals surface area (Å²) in [5.41, 5.74) is 1.49. The van der Waals surface area contributed by atoms with E-state index in [1.807, 2.05) is 0 Å². The van der Waals surface area contributed by atoms with Gasteiger partial charge in [0.1, 0.15) is 4.90 Å². The first-order valence-corrected chi connectivity index (χ1v) is 11.7. The third-order valence-corrected chi connectivity index (χ3v) is 7.12. The Balaban J connectivity index is 1.98. The van der Waals surface area contributed by atoms with Crippen LogP contribution in [0.2, 0.25) is 0 Å². The SMILES string of the molecule is COc1ccc(Nc2c(S(=O)(=O)c3ccccc3)cnc3cc(OC)c(OC)cc23)cc1OC. The maximum Gasteiger partial charge on any atom is 0.210 e. The number of nitrogens with one attached hydrogen (secondary N) is 1. The summed E-state index contributed by atoms with van der Waals surface area (Å²) in [7, 11) is 2.23. The van der Waals surface area contributed by atoms with E-state index in [2.05, 4.69) is 10.3 Å². The minimum Gasteiger partial charge on any atom is -0.493 e. The summed E-state index contributed by atoms with van der Waals surface area (Å²) in [5.74, 6) is 1.98. The fraction of sp³-hybridized carbons (Fsp3) is 0.160. The Labute approximate surface area is 198 Å². The molecule has 4 rings (SSSR count). The largest absolute Gasteiger partial charge is 0.493 e. The highest BCUT2D eigenvalue weighted by Crippen LogP contribution is 2.41. The quantitative estimate of drug-likeness (QED) is 0.383. The molecule has 34 heavy (non-hydrogen) atoms. The Hall–Kier alpha value is -3.98. The van der Waals surface area contributed by atoms with E-state index in [-0.39, 0.29) is 9.79 Å². The number of hydrogen-bond acceptors (Lipinski definition) is 8. The monoisotopic (exact) mass is 480 g/mol. The highest BCUT2D eigenvalue weighted by atomic mass is 32.2. The van der Waals surface area contributed by atoms with Gasteiger partial charge < -0.3 is 24.3 Å². The van der Waals surface area contributed by atoms with Gasteiger partial charge in [-0.1, -0.05) is 18.2 Å². The van der Waals surface area contributed by atoms with Crippen molar-refractivity contribution < 1.29 is 27.4 Å². The molecule has 1 aromatic heterocycles. The van der Waals surface area contributed by atoms with Gasteiger partial charge in [-0.25, -0.2) is 8.42 Å². The van der Waals surface area contributed by atoms with Gasteiger partial charge in [-0.15, -0.1) is 0 Å². The van der Waals surface area contributed by atoms with Crippen molar-refractivity contribution in [2.75, 3.05) is 33.8 Å². The van der Waals surface area contributed by atoms with Crippen LogP contribution in [0.4, 0.5) is 11.4 Å². The van der Waals surface area contributed by atoms with Crippen LogP contribution in [0.1, 0.15) is 0 Å². The standard InChI is InChI=1S/C25H24N2O6S/c1-30-20-11-10-16(12-21(20)31-2)27-25-18-13-22(32-3)23(33-4)14-19(18)26-15-24(25)34(28,29)17-8-6-5-7-9-17/h5-15H,1-4H3,(H,26,27). The van der Waals surface area contributed by atoms with E-state index < -0.39 is 9.84 Å². The highest BCUT2D eigenvalue weighted by molar-refractivity contribution is 7.91. The van der Waals surface area contributed by atoms with Gasteiger partial charge in [-0.05, 0) is 30.3 Å². The Morgan fingerprint density at radius 2 is 1.35 bits per heavy atom. The van der Waals surface area contributed by atoms with E-state index in [9.17, 15) is 8.42 Å². The van der Waals surface area contributed by atoms with Gasteiger partial charge in [0.2, 0.25) is 9.84 Å². The predicted molar refractivity (Wildman–Crippen MR) is 130 cm³/mol. The molecule has 0 unspecified atom stereocenters. The van der Waals surface area contributed by atoms with E-state index in [4.69, 9.17) is 18.9 Å². The lowest BCUT2D eigenvalue weighted by molar-refractivity contribution is 0.355. The molecule has 0 spiro atoms. The maximum absolute atomic E-state index is 13.6. The van der Waals surface area contributed by atoms with Crippen LogP contribution in [-0.4, -0.2) is 41.8 Å². The van der Waals surface area contributed by atoms with Crippen molar-refractivity contribution in [1.82, 2.24) is 4.98 Å². The number of aromatic nitrogens is 1. The van der Waals surface area contributed by atoms with Crippen LogP contribution in [0.5, 0.6) is 23.0 Å². The summed E-state index contributed by atoms with van der Waals surface area (Å²) < 4.78 is 48.8. The fourth-order valence-corrected chi connectivity index (χ4v) is 5.01. The van der Waals surface area contributed by atoms with E-state index >= 15 is 0 Å². The second kappa shape index (κ2) is 9.48. The molecule has 0 atom stereocenters. The van der Waals surface area contributed by atoms with Crippen molar-refractivity contribution in [3.8, 4) is 23.0 Å². The zero-order valence-corrected chi connectivity index (χ0v) is 20.0. The third kappa shape index (κ3) is 4.17. The van der Waals surface area contributed by atoms with Crippen LogP contribution in [0, 0.1) is 0 Å². The Morgan fingerprint density at radius 3 is 2.00 bits per heavy atom. The minimum absolute atomic E-state index is 0.0215. The summed E-state index contributed by atoms with van der Waals surface area (Å²) in [6.07, 6.45) is 1.35. The van der Waals surface area contributed by atoms with Gasteiger partial charge in [0.15, 0.2) is 23.0 Å². The molecule has 0 radical (unpaired) electrons. The van der Waals surface area contributed by atoms with Crippen LogP contribution in [0.25, 0.3) is 10.9 Å². The van der Waals surface area contributed by atoms with Gasteiger partial charge in [-0.3, -0.25) is 4.98 Å². The molecule has 0 aliphatic heterocycles. The molecule has 4 aromatic rings. The van der Waals surface area contributed by atoms with Crippen LogP contribution in [-0.2, 0) is 9.84 Å². The topological polar surface area (TPSA) is 96.0 Å². The molecule has 0 aliphatic carbocycles. The highest BCUT2D eigenvalue weighted by Gasteiger charge is 2.25. The predicted octanol–water partition coefficient (Wildman–Crippen LogP) is 4.85. The summed E-state index contributed by atoms with van der Waals surface area (Å²) in [5, 5.41) is 3.80. The molecule has 176 valence electrons. The molecular weight excluding hydrogens is 456 g/mol. The van der Waals surface area contributed by atoms with Crippen LogP contribution >= 0.6 is 0 Å². The van der Waals surface area contributed by atoms with Crippen LogP contribution in [0.15, 0.2) is 76.7 Å². The van der Waals surface area contributed by atoms with Gasteiger partial charge in [0.25, 0.3) is 0 Å².